The molecule has 0 amide bonds. The van der Waals surface area contributed by atoms with E-state index in [9.17, 15) is 0 Å². The Morgan fingerprint density at radius 3 is 1.71 bits per heavy atom. The molecule has 0 saturated carbocycles. The van der Waals surface area contributed by atoms with E-state index < -0.39 is 5.66 Å². The predicted molar refractivity (Wildman–Crippen MR) is 25.7 cm³/mol. The highest BCUT2D eigenvalue weighted by Gasteiger charge is 2.21. The fourth-order valence-electron chi connectivity index (χ4n) is 0.413. The van der Waals surface area contributed by atoms with Crippen LogP contribution in [0.5, 0.6) is 0 Å². The van der Waals surface area contributed by atoms with Crippen molar-refractivity contribution in [2.75, 3.05) is 13.1 Å². The normalized spacial score (nSPS) is 26.0. The van der Waals surface area contributed by atoms with E-state index in [1.54, 1.807) is 0 Å². The molecule has 4 N–H and O–H groups in total. The Kier molecular flexibility index (Phi) is 0.831. The Morgan fingerprint density at radius 2 is 1.57 bits per heavy atom. The highest BCUT2D eigenvalue weighted by Crippen LogP contribution is 2.00. The van der Waals surface area contributed by atoms with Crippen LogP contribution in [0, 0.1) is 0 Å². The zero-order valence-corrected chi connectivity index (χ0v) is 3.96. The zero-order valence-electron chi connectivity index (χ0n) is 3.96. The summed E-state index contributed by atoms with van der Waals surface area (Å²) in [6.07, 6.45) is 0. The number of hydrogen-bond acceptors (Lipinski definition) is 4. The number of azo groups is 1. The lowest BCUT2D eigenvalue weighted by atomic mass is 10.2. The van der Waals surface area contributed by atoms with Gasteiger partial charge in [-0.25, -0.2) is 0 Å². The molecule has 0 bridgehead atoms. The van der Waals surface area contributed by atoms with Gasteiger partial charge in [-0.1, -0.05) is 0 Å². The first-order chi connectivity index (χ1) is 3.21. The second-order valence-corrected chi connectivity index (χ2v) is 1.83. The lowest BCUT2D eigenvalue weighted by Gasteiger charge is -2.10. The topological polar surface area (TPSA) is 76.8 Å². The first kappa shape index (κ1) is 4.67. The zero-order chi connectivity index (χ0) is 5.33. The Labute approximate surface area is 41.6 Å². The van der Waals surface area contributed by atoms with E-state index in [0.29, 0.717) is 13.1 Å². The van der Waals surface area contributed by atoms with E-state index in [-0.39, 0.29) is 0 Å². The van der Waals surface area contributed by atoms with Crippen molar-refractivity contribution in [2.24, 2.45) is 21.7 Å². The van der Waals surface area contributed by atoms with Gasteiger partial charge in [0.15, 0.2) is 0 Å². The van der Waals surface area contributed by atoms with Gasteiger partial charge in [0.2, 0.25) is 0 Å². The Hall–Kier alpha value is -0.480. The molecule has 0 spiro atoms. The first-order valence-corrected chi connectivity index (χ1v) is 2.12. The molecular formula is C3H8N4. The Balaban J connectivity index is 2.49. The van der Waals surface area contributed by atoms with Crippen molar-refractivity contribution < 1.29 is 0 Å². The number of rotatable bonds is 0. The molecule has 7 heavy (non-hydrogen) atoms. The maximum absolute atomic E-state index is 5.37. The fraction of sp³-hybridized carbons (Fsp3) is 1.00. The first-order valence-electron chi connectivity index (χ1n) is 2.12. The molecule has 0 aliphatic carbocycles. The van der Waals surface area contributed by atoms with Crippen LogP contribution < -0.4 is 11.5 Å². The van der Waals surface area contributed by atoms with Crippen LogP contribution in [0.25, 0.3) is 0 Å². The van der Waals surface area contributed by atoms with E-state index in [0.717, 1.165) is 0 Å². The summed E-state index contributed by atoms with van der Waals surface area (Å²) in [5, 5.41) is 7.22. The van der Waals surface area contributed by atoms with Crippen molar-refractivity contribution in [2.45, 2.75) is 5.66 Å². The van der Waals surface area contributed by atoms with Crippen molar-refractivity contribution in [1.29, 1.82) is 0 Å². The highest BCUT2D eigenvalue weighted by atomic mass is 15.2. The Bertz CT molecular complexity index is 85.1. The van der Waals surface area contributed by atoms with Crippen molar-refractivity contribution in [3.63, 3.8) is 0 Å². The molecular weight excluding hydrogens is 92.1 g/mol. The Morgan fingerprint density at radius 1 is 1.14 bits per heavy atom. The minimum absolute atomic E-state index is 0.465. The molecule has 0 aromatic rings. The average Bonchev–Trinajstić information content (AvgIpc) is 1.84. The van der Waals surface area contributed by atoms with Crippen LogP contribution in [0.4, 0.5) is 0 Å². The van der Waals surface area contributed by atoms with Gasteiger partial charge in [0.25, 0.3) is 0 Å². The molecule has 0 aromatic carbocycles. The van der Waals surface area contributed by atoms with Gasteiger partial charge in [-0.3, -0.25) is 0 Å². The molecule has 0 saturated heterocycles. The summed E-state index contributed by atoms with van der Waals surface area (Å²) in [6.45, 7) is 0.931. The molecule has 1 rings (SSSR count). The monoisotopic (exact) mass is 100 g/mol. The lowest BCUT2D eigenvalue weighted by Crippen LogP contribution is -2.52. The molecule has 0 fully saturated rings. The van der Waals surface area contributed by atoms with Crippen LogP contribution in [0.2, 0.25) is 0 Å². The summed E-state index contributed by atoms with van der Waals surface area (Å²) < 4.78 is 0. The summed E-state index contributed by atoms with van der Waals surface area (Å²) in [4.78, 5) is 0. The highest BCUT2D eigenvalue weighted by molar-refractivity contribution is 4.84. The molecule has 1 aliphatic rings. The summed E-state index contributed by atoms with van der Waals surface area (Å²) in [5.74, 6) is 0. The maximum Gasteiger partial charge on any atom is 0.107 e. The molecule has 0 radical (unpaired) electrons. The quantitative estimate of drug-likeness (QED) is 0.386. The van der Waals surface area contributed by atoms with Crippen LogP contribution in [0.15, 0.2) is 10.2 Å². The van der Waals surface area contributed by atoms with Crippen LogP contribution in [0.3, 0.4) is 0 Å². The second kappa shape index (κ2) is 1.24. The van der Waals surface area contributed by atoms with E-state index in [1.807, 2.05) is 0 Å². The van der Waals surface area contributed by atoms with Crippen LogP contribution >= 0.6 is 0 Å². The molecule has 4 nitrogen and oxygen atoms in total. The molecule has 0 atom stereocenters. The van der Waals surface area contributed by atoms with Gasteiger partial charge in [-0.15, -0.1) is 0 Å². The van der Waals surface area contributed by atoms with E-state index >= 15 is 0 Å². The minimum Gasteiger partial charge on any atom is -0.310 e. The molecule has 4 heteroatoms. The van der Waals surface area contributed by atoms with Gasteiger partial charge in [0.05, 0.1) is 13.1 Å². The summed E-state index contributed by atoms with van der Waals surface area (Å²) in [6, 6.07) is 0. The third-order valence-corrected chi connectivity index (χ3v) is 0.830. The van der Waals surface area contributed by atoms with Gasteiger partial charge in [0.1, 0.15) is 5.66 Å². The fourth-order valence-corrected chi connectivity index (χ4v) is 0.413. The molecule has 0 unspecified atom stereocenters. The number of nitrogens with zero attached hydrogens (tertiary/aromatic N) is 2. The van der Waals surface area contributed by atoms with Crippen molar-refractivity contribution in [3.05, 3.63) is 0 Å². The third kappa shape index (κ3) is 0.942. The molecule has 40 valence electrons. The summed E-state index contributed by atoms with van der Waals surface area (Å²) in [5.41, 5.74) is 10.1. The third-order valence-electron chi connectivity index (χ3n) is 0.830. The lowest BCUT2D eigenvalue weighted by molar-refractivity contribution is 0.514. The van der Waals surface area contributed by atoms with Gasteiger partial charge >= 0.3 is 0 Å². The van der Waals surface area contributed by atoms with Crippen LogP contribution in [0.1, 0.15) is 0 Å². The van der Waals surface area contributed by atoms with Gasteiger partial charge in [-0.05, 0) is 0 Å². The van der Waals surface area contributed by atoms with E-state index in [1.165, 1.54) is 0 Å². The van der Waals surface area contributed by atoms with Crippen molar-refractivity contribution >= 4 is 0 Å². The minimum atomic E-state index is -0.639. The van der Waals surface area contributed by atoms with Crippen LogP contribution in [-0.4, -0.2) is 18.8 Å². The van der Waals surface area contributed by atoms with E-state index in [4.69, 9.17) is 11.5 Å². The van der Waals surface area contributed by atoms with Crippen molar-refractivity contribution in [1.82, 2.24) is 0 Å². The summed E-state index contributed by atoms with van der Waals surface area (Å²) >= 11 is 0. The van der Waals surface area contributed by atoms with Crippen molar-refractivity contribution in [3.8, 4) is 0 Å². The molecule has 0 aromatic heterocycles. The molecule has 1 aliphatic heterocycles. The number of hydrogen-bond donors (Lipinski definition) is 2. The van der Waals surface area contributed by atoms with Crippen LogP contribution in [-0.2, 0) is 0 Å². The largest absolute Gasteiger partial charge is 0.310 e. The number of nitrogens with two attached hydrogens (primary N) is 2. The van der Waals surface area contributed by atoms with Gasteiger partial charge in [-0.2, -0.15) is 10.2 Å². The average molecular weight is 100 g/mol. The summed E-state index contributed by atoms with van der Waals surface area (Å²) in [7, 11) is 0. The van der Waals surface area contributed by atoms with Gasteiger partial charge in [0, 0.05) is 0 Å². The predicted octanol–water partition coefficient (Wildman–Crippen LogP) is -0.934. The van der Waals surface area contributed by atoms with Gasteiger partial charge < -0.3 is 11.5 Å². The second-order valence-electron chi connectivity index (χ2n) is 1.83. The smallest absolute Gasteiger partial charge is 0.107 e. The SMILES string of the molecule is NC1(N)CN=NC1. The van der Waals surface area contributed by atoms with E-state index in [2.05, 4.69) is 10.2 Å². The standard InChI is InChI=1S/C3H8N4/c4-3(5)1-6-7-2-3/h1-2,4-5H2. The molecule has 1 heterocycles. The maximum atomic E-state index is 5.37.